The molecule has 174 valence electrons. The summed E-state index contributed by atoms with van der Waals surface area (Å²) in [5.41, 5.74) is -0.0839. The van der Waals surface area contributed by atoms with E-state index in [2.05, 4.69) is 10.0 Å². The maximum atomic E-state index is 13.1. The van der Waals surface area contributed by atoms with E-state index in [1.165, 1.54) is 30.3 Å². The van der Waals surface area contributed by atoms with Crippen LogP contribution in [-0.4, -0.2) is 14.3 Å². The van der Waals surface area contributed by atoms with Crippen molar-refractivity contribution in [3.63, 3.8) is 0 Å². The topological polar surface area (TPSA) is 75.3 Å². The van der Waals surface area contributed by atoms with Crippen molar-refractivity contribution in [2.45, 2.75) is 18.0 Å². The third-order valence-electron chi connectivity index (χ3n) is 5.25. The van der Waals surface area contributed by atoms with Crippen LogP contribution >= 0.6 is 0 Å². The summed E-state index contributed by atoms with van der Waals surface area (Å²) in [6.07, 6.45) is -4.56. The molecular formula is C25H19F3N2O3S. The van der Waals surface area contributed by atoms with E-state index >= 15 is 0 Å². The summed E-state index contributed by atoms with van der Waals surface area (Å²) in [6.45, 7) is 1.61. The van der Waals surface area contributed by atoms with E-state index in [9.17, 15) is 26.4 Å². The Kier molecular flexibility index (Phi) is 6.05. The Morgan fingerprint density at radius 1 is 0.853 bits per heavy atom. The van der Waals surface area contributed by atoms with Gasteiger partial charge in [-0.2, -0.15) is 13.2 Å². The third-order valence-corrected chi connectivity index (χ3v) is 6.61. The third kappa shape index (κ3) is 4.89. The van der Waals surface area contributed by atoms with Crippen LogP contribution in [0.1, 0.15) is 21.5 Å². The fourth-order valence-electron chi connectivity index (χ4n) is 3.50. The smallest absolute Gasteiger partial charge is 0.322 e. The molecule has 34 heavy (non-hydrogen) atoms. The summed E-state index contributed by atoms with van der Waals surface area (Å²) in [6, 6.07) is 20.8. The summed E-state index contributed by atoms with van der Waals surface area (Å²) in [7, 11) is -4.06. The van der Waals surface area contributed by atoms with Crippen LogP contribution in [0.3, 0.4) is 0 Å². The van der Waals surface area contributed by atoms with E-state index in [1.54, 1.807) is 31.2 Å². The molecule has 0 aliphatic rings. The second kappa shape index (κ2) is 8.83. The van der Waals surface area contributed by atoms with Gasteiger partial charge in [0.25, 0.3) is 15.9 Å². The Labute approximate surface area is 194 Å². The van der Waals surface area contributed by atoms with Gasteiger partial charge in [-0.1, -0.05) is 48.5 Å². The molecule has 4 aromatic carbocycles. The zero-order chi connectivity index (χ0) is 24.5. The number of amides is 1. The van der Waals surface area contributed by atoms with E-state index in [-0.39, 0.29) is 16.1 Å². The number of anilines is 2. The normalized spacial score (nSPS) is 11.9. The number of rotatable bonds is 5. The van der Waals surface area contributed by atoms with Gasteiger partial charge in [-0.25, -0.2) is 8.42 Å². The second-order valence-electron chi connectivity index (χ2n) is 7.64. The largest absolute Gasteiger partial charge is 0.416 e. The van der Waals surface area contributed by atoms with E-state index in [1.807, 2.05) is 18.2 Å². The lowest BCUT2D eigenvalue weighted by Gasteiger charge is -2.14. The van der Waals surface area contributed by atoms with Crippen molar-refractivity contribution in [3.8, 4) is 0 Å². The Balaban J connectivity index is 1.63. The molecule has 1 amide bonds. The molecule has 0 atom stereocenters. The Hall–Kier alpha value is -3.85. The Morgan fingerprint density at radius 2 is 1.56 bits per heavy atom. The molecule has 0 bridgehead atoms. The molecular weight excluding hydrogens is 465 g/mol. The molecule has 0 spiro atoms. The highest BCUT2D eigenvalue weighted by atomic mass is 32.2. The zero-order valence-electron chi connectivity index (χ0n) is 17.8. The zero-order valence-corrected chi connectivity index (χ0v) is 18.7. The van der Waals surface area contributed by atoms with Gasteiger partial charge < -0.3 is 5.32 Å². The number of fused-ring (bicyclic) bond motifs is 1. The minimum atomic E-state index is -4.56. The fraction of sp³-hybridized carbons (Fsp3) is 0.0800. The van der Waals surface area contributed by atoms with Crippen LogP contribution in [0, 0.1) is 6.92 Å². The van der Waals surface area contributed by atoms with Crippen molar-refractivity contribution >= 4 is 38.1 Å². The minimum Gasteiger partial charge on any atom is -0.322 e. The van der Waals surface area contributed by atoms with Gasteiger partial charge in [0.2, 0.25) is 0 Å². The fourth-order valence-corrected chi connectivity index (χ4v) is 4.61. The van der Waals surface area contributed by atoms with Crippen molar-refractivity contribution in [1.29, 1.82) is 0 Å². The first kappa shape index (κ1) is 23.3. The molecule has 0 aliphatic heterocycles. The van der Waals surface area contributed by atoms with Gasteiger partial charge >= 0.3 is 6.18 Å². The maximum absolute atomic E-state index is 13.1. The lowest BCUT2D eigenvalue weighted by molar-refractivity contribution is -0.137. The lowest BCUT2D eigenvalue weighted by Crippen LogP contribution is -2.17. The quantitative estimate of drug-likeness (QED) is 0.353. The molecule has 0 unspecified atom stereocenters. The van der Waals surface area contributed by atoms with Gasteiger partial charge in [0.15, 0.2) is 0 Å². The standard InChI is InChI=1S/C25H19F3N2O3S/c1-16-12-13-20(34(32,33)30-23-11-4-7-17-6-2-3-10-21(17)23)15-22(16)24(31)29-19-9-5-8-18(14-19)25(26,27)28/h2-15,30H,1H3,(H,29,31). The highest BCUT2D eigenvalue weighted by Gasteiger charge is 2.30. The Morgan fingerprint density at radius 3 is 2.32 bits per heavy atom. The molecule has 0 aromatic heterocycles. The van der Waals surface area contributed by atoms with Gasteiger partial charge in [0.05, 0.1) is 16.1 Å². The van der Waals surface area contributed by atoms with E-state index in [4.69, 9.17) is 0 Å². The minimum absolute atomic E-state index is 0.0261. The number of hydrogen-bond donors (Lipinski definition) is 2. The van der Waals surface area contributed by atoms with E-state index < -0.39 is 27.7 Å². The van der Waals surface area contributed by atoms with Crippen LogP contribution in [0.5, 0.6) is 0 Å². The number of sulfonamides is 1. The summed E-state index contributed by atoms with van der Waals surface area (Å²) in [5.74, 6) is -0.723. The molecule has 4 rings (SSSR count). The number of aryl methyl sites for hydroxylation is 1. The van der Waals surface area contributed by atoms with Gasteiger partial charge in [0.1, 0.15) is 0 Å². The highest BCUT2D eigenvalue weighted by molar-refractivity contribution is 7.92. The van der Waals surface area contributed by atoms with Crippen LogP contribution in [0.4, 0.5) is 24.5 Å². The van der Waals surface area contributed by atoms with E-state index in [0.29, 0.717) is 16.6 Å². The SMILES string of the molecule is Cc1ccc(S(=O)(=O)Nc2cccc3ccccc23)cc1C(=O)Nc1cccc(C(F)(F)F)c1. The summed E-state index contributed by atoms with van der Waals surface area (Å²) >= 11 is 0. The predicted octanol–water partition coefficient (Wildman–Crippen LogP) is 6.22. The average Bonchev–Trinajstić information content (AvgIpc) is 2.79. The molecule has 0 saturated heterocycles. The molecule has 4 aromatic rings. The molecule has 0 saturated carbocycles. The van der Waals surface area contributed by atoms with Crippen LogP contribution < -0.4 is 10.0 Å². The van der Waals surface area contributed by atoms with Gasteiger partial charge in [-0.05, 0) is 54.3 Å². The van der Waals surface area contributed by atoms with Crippen LogP contribution in [0.25, 0.3) is 10.8 Å². The van der Waals surface area contributed by atoms with Crippen molar-refractivity contribution < 1.29 is 26.4 Å². The second-order valence-corrected chi connectivity index (χ2v) is 9.32. The molecule has 0 heterocycles. The van der Waals surface area contributed by atoms with Crippen LogP contribution in [0.2, 0.25) is 0 Å². The molecule has 0 aliphatic carbocycles. The lowest BCUT2D eigenvalue weighted by atomic mass is 10.1. The number of carbonyl (C=O) groups excluding carboxylic acids is 1. The van der Waals surface area contributed by atoms with Gasteiger partial charge in [0, 0.05) is 16.6 Å². The van der Waals surface area contributed by atoms with Gasteiger partial charge in [-0.15, -0.1) is 0 Å². The first-order chi connectivity index (χ1) is 16.0. The van der Waals surface area contributed by atoms with Crippen molar-refractivity contribution in [3.05, 3.63) is 102 Å². The summed E-state index contributed by atoms with van der Waals surface area (Å²) < 4.78 is 67.6. The average molecular weight is 484 g/mol. The molecule has 0 fully saturated rings. The molecule has 5 nitrogen and oxygen atoms in total. The Bertz CT molecular complexity index is 1490. The maximum Gasteiger partial charge on any atom is 0.416 e. The van der Waals surface area contributed by atoms with Crippen LogP contribution in [-0.2, 0) is 16.2 Å². The summed E-state index contributed by atoms with van der Waals surface area (Å²) in [4.78, 5) is 12.6. The molecule has 0 radical (unpaired) electrons. The first-order valence-electron chi connectivity index (χ1n) is 10.1. The van der Waals surface area contributed by atoms with Gasteiger partial charge in [-0.3, -0.25) is 9.52 Å². The van der Waals surface area contributed by atoms with Crippen LogP contribution in [0.15, 0.2) is 89.8 Å². The monoisotopic (exact) mass is 484 g/mol. The number of hydrogen-bond acceptors (Lipinski definition) is 3. The molecule has 9 heteroatoms. The van der Waals surface area contributed by atoms with Crippen molar-refractivity contribution in [2.75, 3.05) is 10.0 Å². The van der Waals surface area contributed by atoms with E-state index in [0.717, 1.165) is 17.5 Å². The highest BCUT2D eigenvalue weighted by Crippen LogP contribution is 2.31. The first-order valence-corrected chi connectivity index (χ1v) is 11.6. The van der Waals surface area contributed by atoms with Crippen molar-refractivity contribution in [2.24, 2.45) is 0 Å². The van der Waals surface area contributed by atoms with Crippen molar-refractivity contribution in [1.82, 2.24) is 0 Å². The number of benzene rings is 4. The predicted molar refractivity (Wildman–Crippen MR) is 125 cm³/mol. The molecule has 2 N–H and O–H groups in total. The number of alkyl halides is 3. The summed E-state index contributed by atoms with van der Waals surface area (Å²) in [5, 5.41) is 3.98. The number of carbonyl (C=O) groups is 1. The number of nitrogens with one attached hydrogen (secondary N) is 2. The number of halogens is 3.